The van der Waals surface area contributed by atoms with Crippen LogP contribution >= 0.6 is 0 Å². The molecule has 66 valence electrons. The summed E-state index contributed by atoms with van der Waals surface area (Å²) in [6.07, 6.45) is 1.21. The number of aliphatic carboxylic acids is 1. The van der Waals surface area contributed by atoms with E-state index < -0.39 is 12.1 Å². The number of carboxylic acids is 1. The number of hydrogen-bond donors (Lipinski definition) is 3. The van der Waals surface area contributed by atoms with Gasteiger partial charge in [-0.05, 0) is 25.8 Å². The molecular formula is C7H15NO3. The summed E-state index contributed by atoms with van der Waals surface area (Å²) in [6.45, 7) is 0.546. The molecule has 4 heteroatoms. The van der Waals surface area contributed by atoms with Crippen molar-refractivity contribution in [2.75, 3.05) is 6.54 Å². The van der Waals surface area contributed by atoms with E-state index >= 15 is 0 Å². The van der Waals surface area contributed by atoms with Gasteiger partial charge in [-0.3, -0.25) is 4.79 Å². The molecule has 11 heavy (non-hydrogen) atoms. The standard InChI is InChI=1S/C7H15NO3/c8-5-1-2-6(9)3-4-7(10)11/h6,9H,1-5,8H2,(H,10,11). The first kappa shape index (κ1) is 10.4. The molecule has 0 aromatic carbocycles. The minimum Gasteiger partial charge on any atom is -0.481 e. The van der Waals surface area contributed by atoms with Crippen LogP contribution in [-0.2, 0) is 4.79 Å². The van der Waals surface area contributed by atoms with E-state index in [2.05, 4.69) is 0 Å². The molecule has 0 aliphatic carbocycles. The van der Waals surface area contributed by atoms with Gasteiger partial charge in [-0.25, -0.2) is 0 Å². The predicted octanol–water partition coefficient (Wildman–Crippen LogP) is -0.0490. The molecule has 0 aliphatic heterocycles. The van der Waals surface area contributed by atoms with Crippen molar-refractivity contribution in [2.45, 2.75) is 31.8 Å². The Hall–Kier alpha value is -0.610. The van der Waals surface area contributed by atoms with E-state index in [9.17, 15) is 4.79 Å². The van der Waals surface area contributed by atoms with Crippen molar-refractivity contribution in [1.82, 2.24) is 0 Å². The fourth-order valence-electron chi connectivity index (χ4n) is 0.788. The molecule has 0 heterocycles. The highest BCUT2D eigenvalue weighted by molar-refractivity contribution is 5.66. The summed E-state index contributed by atoms with van der Waals surface area (Å²) in [5.74, 6) is -0.864. The number of aliphatic hydroxyl groups is 1. The summed E-state index contributed by atoms with van der Waals surface area (Å²) in [5.41, 5.74) is 5.21. The van der Waals surface area contributed by atoms with Crippen LogP contribution in [0.15, 0.2) is 0 Å². The molecule has 0 aliphatic rings. The quantitative estimate of drug-likeness (QED) is 0.510. The van der Waals surface area contributed by atoms with Gasteiger partial charge in [0, 0.05) is 6.42 Å². The third-order valence-electron chi connectivity index (χ3n) is 1.43. The molecule has 0 bridgehead atoms. The fraction of sp³-hybridized carbons (Fsp3) is 0.857. The Morgan fingerprint density at radius 1 is 1.45 bits per heavy atom. The molecule has 0 saturated heterocycles. The molecule has 1 unspecified atom stereocenters. The zero-order valence-electron chi connectivity index (χ0n) is 6.49. The van der Waals surface area contributed by atoms with Crippen LogP contribution in [0, 0.1) is 0 Å². The van der Waals surface area contributed by atoms with Crippen LogP contribution in [0.2, 0.25) is 0 Å². The Labute approximate surface area is 66.0 Å². The molecule has 0 saturated carbocycles. The molecule has 0 radical (unpaired) electrons. The second-order valence-electron chi connectivity index (χ2n) is 2.52. The van der Waals surface area contributed by atoms with E-state index in [-0.39, 0.29) is 6.42 Å². The molecule has 0 amide bonds. The summed E-state index contributed by atoms with van der Waals surface area (Å²) in [4.78, 5) is 10.0. The molecule has 0 rings (SSSR count). The van der Waals surface area contributed by atoms with Crippen LogP contribution in [0.5, 0.6) is 0 Å². The van der Waals surface area contributed by atoms with Gasteiger partial charge in [0.1, 0.15) is 0 Å². The average Bonchev–Trinajstić information content (AvgIpc) is 1.97. The summed E-state index contributed by atoms with van der Waals surface area (Å²) >= 11 is 0. The van der Waals surface area contributed by atoms with Gasteiger partial charge in [0.05, 0.1) is 6.10 Å². The van der Waals surface area contributed by atoms with Crippen LogP contribution < -0.4 is 5.73 Å². The molecule has 0 aromatic rings. The number of aliphatic hydroxyl groups excluding tert-OH is 1. The van der Waals surface area contributed by atoms with Crippen LogP contribution in [0.25, 0.3) is 0 Å². The highest BCUT2D eigenvalue weighted by Gasteiger charge is 2.05. The Morgan fingerprint density at radius 3 is 2.55 bits per heavy atom. The van der Waals surface area contributed by atoms with Crippen LogP contribution in [0.3, 0.4) is 0 Å². The zero-order valence-corrected chi connectivity index (χ0v) is 6.49. The first-order valence-electron chi connectivity index (χ1n) is 3.76. The smallest absolute Gasteiger partial charge is 0.303 e. The van der Waals surface area contributed by atoms with Gasteiger partial charge in [-0.1, -0.05) is 0 Å². The number of hydrogen-bond acceptors (Lipinski definition) is 3. The number of rotatable bonds is 6. The lowest BCUT2D eigenvalue weighted by molar-refractivity contribution is -0.137. The van der Waals surface area contributed by atoms with Gasteiger partial charge in [0.2, 0.25) is 0 Å². The third-order valence-corrected chi connectivity index (χ3v) is 1.43. The van der Waals surface area contributed by atoms with E-state index in [0.29, 0.717) is 19.4 Å². The summed E-state index contributed by atoms with van der Waals surface area (Å²) in [5, 5.41) is 17.4. The monoisotopic (exact) mass is 161 g/mol. The van der Waals surface area contributed by atoms with Gasteiger partial charge in [-0.15, -0.1) is 0 Å². The normalized spacial score (nSPS) is 12.9. The molecule has 4 nitrogen and oxygen atoms in total. The van der Waals surface area contributed by atoms with E-state index in [1.807, 2.05) is 0 Å². The molecule has 0 spiro atoms. The van der Waals surface area contributed by atoms with Gasteiger partial charge < -0.3 is 15.9 Å². The topological polar surface area (TPSA) is 83.5 Å². The minimum absolute atomic E-state index is 0.0335. The zero-order chi connectivity index (χ0) is 8.69. The van der Waals surface area contributed by atoms with Gasteiger partial charge in [0.15, 0.2) is 0 Å². The Morgan fingerprint density at radius 2 is 2.09 bits per heavy atom. The maximum absolute atomic E-state index is 10.0. The summed E-state index contributed by atoms with van der Waals surface area (Å²) < 4.78 is 0. The van der Waals surface area contributed by atoms with Crippen molar-refractivity contribution in [1.29, 1.82) is 0 Å². The van der Waals surface area contributed by atoms with Crippen molar-refractivity contribution < 1.29 is 15.0 Å². The first-order chi connectivity index (χ1) is 5.16. The van der Waals surface area contributed by atoms with E-state index in [0.717, 1.165) is 6.42 Å². The maximum Gasteiger partial charge on any atom is 0.303 e. The van der Waals surface area contributed by atoms with Crippen molar-refractivity contribution in [3.05, 3.63) is 0 Å². The first-order valence-corrected chi connectivity index (χ1v) is 3.76. The number of carbonyl (C=O) groups is 1. The summed E-state index contributed by atoms with van der Waals surface area (Å²) in [6, 6.07) is 0. The lowest BCUT2D eigenvalue weighted by Gasteiger charge is -2.06. The average molecular weight is 161 g/mol. The minimum atomic E-state index is -0.864. The van der Waals surface area contributed by atoms with E-state index in [1.165, 1.54) is 0 Å². The van der Waals surface area contributed by atoms with Gasteiger partial charge in [-0.2, -0.15) is 0 Å². The van der Waals surface area contributed by atoms with Gasteiger partial charge in [0.25, 0.3) is 0 Å². The van der Waals surface area contributed by atoms with Gasteiger partial charge >= 0.3 is 5.97 Å². The molecule has 0 fully saturated rings. The van der Waals surface area contributed by atoms with Crippen LogP contribution in [-0.4, -0.2) is 28.8 Å². The SMILES string of the molecule is NCCCC(O)CCC(=O)O. The Balaban J connectivity index is 3.22. The lowest BCUT2D eigenvalue weighted by atomic mass is 10.1. The second kappa shape index (κ2) is 6.12. The largest absolute Gasteiger partial charge is 0.481 e. The Bertz CT molecular complexity index is 116. The number of carboxylic acid groups (broad SMARTS) is 1. The van der Waals surface area contributed by atoms with Crippen molar-refractivity contribution in [3.63, 3.8) is 0 Å². The molecule has 4 N–H and O–H groups in total. The molecule has 1 atom stereocenters. The van der Waals surface area contributed by atoms with E-state index in [1.54, 1.807) is 0 Å². The highest BCUT2D eigenvalue weighted by atomic mass is 16.4. The number of nitrogens with two attached hydrogens (primary N) is 1. The van der Waals surface area contributed by atoms with E-state index in [4.69, 9.17) is 15.9 Å². The fourth-order valence-corrected chi connectivity index (χ4v) is 0.788. The predicted molar refractivity (Wildman–Crippen MR) is 41.2 cm³/mol. The Kier molecular flexibility index (Phi) is 5.78. The maximum atomic E-state index is 10.0. The third kappa shape index (κ3) is 7.29. The van der Waals surface area contributed by atoms with Crippen molar-refractivity contribution in [3.8, 4) is 0 Å². The second-order valence-corrected chi connectivity index (χ2v) is 2.52. The summed E-state index contributed by atoms with van der Waals surface area (Å²) in [7, 11) is 0. The van der Waals surface area contributed by atoms with Crippen LogP contribution in [0.1, 0.15) is 25.7 Å². The lowest BCUT2D eigenvalue weighted by Crippen LogP contribution is -2.11. The van der Waals surface area contributed by atoms with Crippen molar-refractivity contribution >= 4 is 5.97 Å². The molecular weight excluding hydrogens is 146 g/mol. The van der Waals surface area contributed by atoms with Crippen molar-refractivity contribution in [2.24, 2.45) is 5.73 Å². The highest BCUT2D eigenvalue weighted by Crippen LogP contribution is 2.03. The van der Waals surface area contributed by atoms with Crippen LogP contribution in [0.4, 0.5) is 0 Å². The molecule has 0 aromatic heterocycles.